The van der Waals surface area contributed by atoms with Crippen LogP contribution in [0.15, 0.2) is 0 Å². The predicted octanol–water partition coefficient (Wildman–Crippen LogP) is 0.959. The Balaban J connectivity index is 1.79. The summed E-state index contributed by atoms with van der Waals surface area (Å²) in [5.41, 5.74) is -0.553. The third-order valence-corrected chi connectivity index (χ3v) is 7.41. The Morgan fingerprint density at radius 3 is 1.89 bits per heavy atom. The van der Waals surface area contributed by atoms with Crippen LogP contribution >= 0.6 is 0 Å². The molecule has 2 atom stereocenters. The first-order valence-corrected chi connectivity index (χ1v) is 8.81. The molecule has 3 rings (SSSR count). The highest BCUT2D eigenvalue weighted by Crippen LogP contribution is 2.52. The Morgan fingerprint density at radius 2 is 1.42 bits per heavy atom. The summed E-state index contributed by atoms with van der Waals surface area (Å²) in [6.07, 6.45) is 2.17. The second-order valence-electron chi connectivity index (χ2n) is 6.99. The van der Waals surface area contributed by atoms with Gasteiger partial charge in [0.2, 0.25) is 0 Å². The number of urea groups is 1. The lowest BCUT2D eigenvalue weighted by Gasteiger charge is -2.29. The van der Waals surface area contributed by atoms with Gasteiger partial charge in [0.1, 0.15) is 0 Å². The highest BCUT2D eigenvalue weighted by atomic mass is 32.2. The van der Waals surface area contributed by atoms with Crippen LogP contribution in [0.2, 0.25) is 0 Å². The second-order valence-corrected chi connectivity index (χ2v) is 9.05. The number of likely N-dealkylation sites (tertiary alicyclic amines) is 2. The molecule has 0 N–H and O–H groups in total. The second kappa shape index (κ2) is 3.87. The lowest BCUT2D eigenvalue weighted by molar-refractivity contribution is 0.168. The fraction of sp³-hybridized carbons (Fsp3) is 0.923. The number of nitrogens with zero attached hydrogens (tertiary/aromatic N) is 2. The van der Waals surface area contributed by atoms with Crippen molar-refractivity contribution in [2.75, 3.05) is 37.7 Å². The van der Waals surface area contributed by atoms with E-state index in [1.807, 2.05) is 23.6 Å². The summed E-state index contributed by atoms with van der Waals surface area (Å²) < 4.78 is 23.7. The minimum absolute atomic E-state index is 0.103. The van der Waals surface area contributed by atoms with Crippen molar-refractivity contribution in [1.29, 1.82) is 0 Å². The molecule has 0 radical (unpaired) electrons. The molecule has 3 fully saturated rings. The molecular weight excluding hydrogens is 264 g/mol. The van der Waals surface area contributed by atoms with Crippen LogP contribution in [-0.2, 0) is 9.84 Å². The molecule has 19 heavy (non-hydrogen) atoms. The monoisotopic (exact) mass is 286 g/mol. The number of sulfone groups is 1. The summed E-state index contributed by atoms with van der Waals surface area (Å²) in [5.74, 6) is 0.445. The van der Waals surface area contributed by atoms with Crippen molar-refractivity contribution in [1.82, 2.24) is 9.80 Å². The molecule has 0 saturated carbocycles. The van der Waals surface area contributed by atoms with Gasteiger partial charge in [0.25, 0.3) is 0 Å². The van der Waals surface area contributed by atoms with E-state index in [1.165, 1.54) is 0 Å². The van der Waals surface area contributed by atoms with E-state index >= 15 is 0 Å². The van der Waals surface area contributed by atoms with Crippen LogP contribution in [-0.4, -0.2) is 61.9 Å². The van der Waals surface area contributed by atoms with Gasteiger partial charge in [0.05, 0.1) is 11.5 Å². The molecular formula is C13H22N2O3S. The molecule has 0 bridgehead atoms. The molecule has 108 valence electrons. The third-order valence-electron chi connectivity index (χ3n) is 5.26. The highest BCUT2D eigenvalue weighted by Gasteiger charge is 2.61. The minimum Gasteiger partial charge on any atom is -0.325 e. The third kappa shape index (κ3) is 1.95. The van der Waals surface area contributed by atoms with Crippen LogP contribution in [0, 0.1) is 10.8 Å². The van der Waals surface area contributed by atoms with Crippen LogP contribution in [0.4, 0.5) is 4.79 Å². The van der Waals surface area contributed by atoms with Crippen molar-refractivity contribution in [2.24, 2.45) is 10.8 Å². The Hall–Kier alpha value is -0.780. The van der Waals surface area contributed by atoms with Gasteiger partial charge in [-0.25, -0.2) is 13.2 Å². The summed E-state index contributed by atoms with van der Waals surface area (Å²) in [6, 6.07) is 0.103. The SMILES string of the molecule is C[C@@]12CN(C(=O)N3CCCC3)C[C@]1(C)CS(=O)(=O)C2. The molecule has 3 heterocycles. The van der Waals surface area contributed by atoms with Crippen molar-refractivity contribution < 1.29 is 13.2 Å². The van der Waals surface area contributed by atoms with Crippen molar-refractivity contribution in [3.8, 4) is 0 Å². The molecule has 3 saturated heterocycles. The smallest absolute Gasteiger partial charge is 0.320 e. The van der Waals surface area contributed by atoms with E-state index in [4.69, 9.17) is 0 Å². The molecule has 0 spiro atoms. The average Bonchev–Trinajstić information content (AvgIpc) is 2.87. The topological polar surface area (TPSA) is 57.7 Å². The average molecular weight is 286 g/mol. The first-order chi connectivity index (χ1) is 8.75. The van der Waals surface area contributed by atoms with Gasteiger partial charge >= 0.3 is 6.03 Å². The number of rotatable bonds is 0. The molecule has 5 nitrogen and oxygen atoms in total. The van der Waals surface area contributed by atoms with Gasteiger partial charge in [-0.1, -0.05) is 13.8 Å². The van der Waals surface area contributed by atoms with Gasteiger partial charge in [-0.15, -0.1) is 0 Å². The molecule has 6 heteroatoms. The fourth-order valence-electron chi connectivity index (χ4n) is 3.99. The maximum Gasteiger partial charge on any atom is 0.320 e. The van der Waals surface area contributed by atoms with Crippen LogP contribution in [0.1, 0.15) is 26.7 Å². The Morgan fingerprint density at radius 1 is 0.947 bits per heavy atom. The number of amides is 2. The van der Waals surface area contributed by atoms with E-state index < -0.39 is 9.84 Å². The predicted molar refractivity (Wildman–Crippen MR) is 72.6 cm³/mol. The zero-order valence-electron chi connectivity index (χ0n) is 11.7. The summed E-state index contributed by atoms with van der Waals surface area (Å²) in [6.45, 7) is 6.90. The van der Waals surface area contributed by atoms with Gasteiger partial charge in [-0.2, -0.15) is 0 Å². The molecule has 2 amide bonds. The summed E-state index contributed by atoms with van der Waals surface area (Å²) in [7, 11) is -2.94. The molecule has 3 aliphatic rings. The normalized spacial score (nSPS) is 40.7. The fourth-order valence-corrected chi connectivity index (χ4v) is 6.91. The lowest BCUT2D eigenvalue weighted by Crippen LogP contribution is -2.42. The maximum absolute atomic E-state index is 12.4. The summed E-state index contributed by atoms with van der Waals surface area (Å²) in [5, 5.41) is 0. The number of hydrogen-bond donors (Lipinski definition) is 0. The van der Waals surface area contributed by atoms with Gasteiger partial charge < -0.3 is 9.80 Å². The Bertz CT molecular complexity index is 486. The number of carbonyl (C=O) groups excluding carboxylic acids is 1. The van der Waals surface area contributed by atoms with E-state index in [2.05, 4.69) is 0 Å². The van der Waals surface area contributed by atoms with Crippen LogP contribution in [0.3, 0.4) is 0 Å². The van der Waals surface area contributed by atoms with Crippen LogP contribution < -0.4 is 0 Å². The Labute approximate surface area is 114 Å². The number of carbonyl (C=O) groups is 1. The molecule has 0 aromatic heterocycles. The molecule has 0 aliphatic carbocycles. The van der Waals surface area contributed by atoms with Gasteiger partial charge in [-0.3, -0.25) is 0 Å². The molecule has 0 aromatic rings. The van der Waals surface area contributed by atoms with Crippen molar-refractivity contribution in [3.63, 3.8) is 0 Å². The van der Waals surface area contributed by atoms with E-state index in [0.29, 0.717) is 13.1 Å². The van der Waals surface area contributed by atoms with E-state index in [9.17, 15) is 13.2 Å². The molecule has 3 aliphatic heterocycles. The Kier molecular flexibility index (Phi) is 2.69. The van der Waals surface area contributed by atoms with E-state index in [1.54, 1.807) is 0 Å². The standard InChI is InChI=1S/C13H22N2O3S/c1-12-7-15(11(16)14-5-3-4-6-14)8-13(12,2)10-19(17,18)9-12/h3-10H2,1-2H3/t12-,13+. The van der Waals surface area contributed by atoms with Crippen molar-refractivity contribution in [3.05, 3.63) is 0 Å². The summed E-state index contributed by atoms with van der Waals surface area (Å²) >= 11 is 0. The van der Waals surface area contributed by atoms with Gasteiger partial charge in [-0.05, 0) is 12.8 Å². The van der Waals surface area contributed by atoms with Gasteiger partial charge in [0, 0.05) is 37.0 Å². The first kappa shape index (κ1) is 13.2. The lowest BCUT2D eigenvalue weighted by atomic mass is 9.71. The van der Waals surface area contributed by atoms with Crippen LogP contribution in [0.5, 0.6) is 0 Å². The quantitative estimate of drug-likeness (QED) is 0.666. The summed E-state index contributed by atoms with van der Waals surface area (Å²) in [4.78, 5) is 16.2. The van der Waals surface area contributed by atoms with Crippen LogP contribution in [0.25, 0.3) is 0 Å². The minimum atomic E-state index is -2.94. The zero-order valence-corrected chi connectivity index (χ0v) is 12.5. The zero-order chi connectivity index (χ0) is 13.9. The van der Waals surface area contributed by atoms with E-state index in [-0.39, 0.29) is 28.4 Å². The molecule has 0 unspecified atom stereocenters. The first-order valence-electron chi connectivity index (χ1n) is 6.99. The highest BCUT2D eigenvalue weighted by molar-refractivity contribution is 7.91. The van der Waals surface area contributed by atoms with E-state index in [0.717, 1.165) is 25.9 Å². The number of hydrogen-bond acceptors (Lipinski definition) is 3. The van der Waals surface area contributed by atoms with Crippen molar-refractivity contribution in [2.45, 2.75) is 26.7 Å². The molecule has 0 aromatic carbocycles. The van der Waals surface area contributed by atoms with Crippen molar-refractivity contribution >= 4 is 15.9 Å². The largest absolute Gasteiger partial charge is 0.325 e. The number of fused-ring (bicyclic) bond motifs is 1. The van der Waals surface area contributed by atoms with Gasteiger partial charge in [0.15, 0.2) is 9.84 Å². The maximum atomic E-state index is 12.4.